The Morgan fingerprint density at radius 1 is 1.38 bits per heavy atom. The Hall–Kier alpha value is -1.76. The van der Waals surface area contributed by atoms with E-state index in [1.54, 1.807) is 42.5 Å². The van der Waals surface area contributed by atoms with Crippen LogP contribution in [0.2, 0.25) is 0 Å². The second-order valence-electron chi connectivity index (χ2n) is 6.68. The zero-order chi connectivity index (χ0) is 18.5. The molecule has 4 nitrogen and oxygen atoms in total. The van der Waals surface area contributed by atoms with E-state index in [1.165, 1.54) is 10.9 Å². The summed E-state index contributed by atoms with van der Waals surface area (Å²) in [6.07, 6.45) is 2.19. The number of likely N-dealkylation sites (N-methyl/N-ethyl adjacent to an activating group) is 1. The molecule has 0 bridgehead atoms. The van der Waals surface area contributed by atoms with E-state index in [4.69, 9.17) is 4.74 Å². The first-order valence-electron chi connectivity index (χ1n) is 8.91. The van der Waals surface area contributed by atoms with Crippen LogP contribution >= 0.6 is 11.3 Å². The number of hydrogen-bond donors (Lipinski definition) is 0. The van der Waals surface area contributed by atoms with Gasteiger partial charge in [0.1, 0.15) is 5.82 Å². The molecule has 26 heavy (non-hydrogen) atoms. The highest BCUT2D eigenvalue weighted by Crippen LogP contribution is 2.37. The van der Waals surface area contributed by atoms with Crippen LogP contribution in [-0.2, 0) is 11.3 Å². The number of amides is 1. The van der Waals surface area contributed by atoms with Gasteiger partial charge < -0.3 is 9.64 Å². The largest absolute Gasteiger partial charge is 0.383 e. The van der Waals surface area contributed by atoms with Crippen molar-refractivity contribution in [1.82, 2.24) is 9.80 Å². The molecular weight excluding hydrogens is 351 g/mol. The second kappa shape index (κ2) is 8.75. The van der Waals surface area contributed by atoms with Crippen molar-refractivity contribution in [2.45, 2.75) is 25.4 Å². The number of halogens is 1. The molecule has 1 amide bonds. The van der Waals surface area contributed by atoms with Crippen molar-refractivity contribution in [2.75, 3.05) is 33.9 Å². The number of hydrogen-bond acceptors (Lipinski definition) is 4. The maximum Gasteiger partial charge on any atom is 0.263 e. The number of carbonyl (C=O) groups is 1. The van der Waals surface area contributed by atoms with Gasteiger partial charge in [-0.2, -0.15) is 0 Å². The van der Waals surface area contributed by atoms with Crippen molar-refractivity contribution < 1.29 is 13.9 Å². The van der Waals surface area contributed by atoms with E-state index in [9.17, 15) is 9.18 Å². The average molecular weight is 376 g/mol. The van der Waals surface area contributed by atoms with Crippen LogP contribution in [0.1, 0.15) is 39.0 Å². The predicted octanol–water partition coefficient (Wildman–Crippen LogP) is 3.94. The molecule has 1 aliphatic rings. The van der Waals surface area contributed by atoms with Crippen molar-refractivity contribution >= 4 is 17.2 Å². The number of methoxy groups -OCH3 is 1. The Kier molecular flexibility index (Phi) is 6.40. The van der Waals surface area contributed by atoms with Crippen molar-refractivity contribution in [3.63, 3.8) is 0 Å². The van der Waals surface area contributed by atoms with Crippen LogP contribution < -0.4 is 0 Å². The molecule has 1 saturated heterocycles. The Labute approximate surface area is 158 Å². The molecule has 0 saturated carbocycles. The summed E-state index contributed by atoms with van der Waals surface area (Å²) in [4.78, 5) is 18.6. The molecule has 1 aromatic heterocycles. The number of thiophene rings is 1. The van der Waals surface area contributed by atoms with Gasteiger partial charge in [-0.1, -0.05) is 12.1 Å². The fourth-order valence-electron chi connectivity index (χ4n) is 3.37. The summed E-state index contributed by atoms with van der Waals surface area (Å²) < 4.78 is 18.5. The van der Waals surface area contributed by atoms with Gasteiger partial charge in [-0.05, 0) is 49.2 Å². The first-order valence-corrected chi connectivity index (χ1v) is 9.73. The Morgan fingerprint density at radius 3 is 3.00 bits per heavy atom. The average Bonchev–Trinajstić information content (AvgIpc) is 3.28. The van der Waals surface area contributed by atoms with Crippen LogP contribution in [0, 0.1) is 5.82 Å². The van der Waals surface area contributed by atoms with E-state index >= 15 is 0 Å². The Bertz CT molecular complexity index is 749. The van der Waals surface area contributed by atoms with Crippen LogP contribution in [-0.4, -0.2) is 49.6 Å². The smallest absolute Gasteiger partial charge is 0.263 e. The molecule has 0 aliphatic carbocycles. The van der Waals surface area contributed by atoms with E-state index in [2.05, 4.69) is 11.0 Å². The van der Waals surface area contributed by atoms with Gasteiger partial charge in [0.15, 0.2) is 0 Å². The minimum Gasteiger partial charge on any atom is -0.383 e. The maximum absolute atomic E-state index is 13.5. The van der Waals surface area contributed by atoms with Crippen molar-refractivity contribution in [1.29, 1.82) is 0 Å². The van der Waals surface area contributed by atoms with Gasteiger partial charge in [0.05, 0.1) is 11.5 Å². The lowest BCUT2D eigenvalue weighted by molar-refractivity contribution is 0.0749. The van der Waals surface area contributed by atoms with Gasteiger partial charge in [-0.3, -0.25) is 9.69 Å². The fraction of sp³-hybridized carbons (Fsp3) is 0.450. The van der Waals surface area contributed by atoms with Crippen LogP contribution in [0.3, 0.4) is 0 Å². The van der Waals surface area contributed by atoms with E-state index in [0.717, 1.165) is 36.4 Å². The zero-order valence-corrected chi connectivity index (χ0v) is 16.1. The summed E-state index contributed by atoms with van der Waals surface area (Å²) in [7, 11) is 3.43. The number of carbonyl (C=O) groups excluding carboxylic acids is 1. The molecule has 3 rings (SSSR count). The van der Waals surface area contributed by atoms with Gasteiger partial charge in [0, 0.05) is 38.2 Å². The molecule has 2 aromatic rings. The molecule has 2 heterocycles. The molecule has 0 unspecified atom stereocenters. The number of benzene rings is 1. The quantitative estimate of drug-likeness (QED) is 0.734. The molecule has 6 heteroatoms. The van der Waals surface area contributed by atoms with Crippen LogP contribution in [0.25, 0.3) is 0 Å². The molecule has 0 N–H and O–H groups in total. The SMILES string of the molecule is COCCN(C)C(=O)c1ccc([C@@H]2CCCN2Cc2cccc(F)c2)s1. The topological polar surface area (TPSA) is 32.8 Å². The van der Waals surface area contributed by atoms with E-state index in [1.807, 2.05) is 12.1 Å². The molecule has 0 spiro atoms. The van der Waals surface area contributed by atoms with Crippen LogP contribution in [0.4, 0.5) is 4.39 Å². The molecule has 1 aliphatic heterocycles. The summed E-state index contributed by atoms with van der Waals surface area (Å²) in [5.74, 6) is -0.158. The van der Waals surface area contributed by atoms with Gasteiger partial charge in [0.25, 0.3) is 5.91 Å². The fourth-order valence-corrected chi connectivity index (χ4v) is 4.54. The molecule has 140 valence electrons. The van der Waals surface area contributed by atoms with Gasteiger partial charge in [-0.25, -0.2) is 4.39 Å². The summed E-state index contributed by atoms with van der Waals surface area (Å²) in [5.41, 5.74) is 0.990. The lowest BCUT2D eigenvalue weighted by Gasteiger charge is -2.23. The van der Waals surface area contributed by atoms with Gasteiger partial charge in [0.2, 0.25) is 0 Å². The number of nitrogens with zero attached hydrogens (tertiary/aromatic N) is 2. The summed E-state index contributed by atoms with van der Waals surface area (Å²) in [6, 6.07) is 11.1. The summed E-state index contributed by atoms with van der Waals surface area (Å²) >= 11 is 1.57. The zero-order valence-electron chi connectivity index (χ0n) is 15.3. The maximum atomic E-state index is 13.5. The molecule has 0 radical (unpaired) electrons. The van der Waals surface area contributed by atoms with Crippen molar-refractivity contribution in [3.05, 3.63) is 57.5 Å². The Balaban J connectivity index is 1.68. The van der Waals surface area contributed by atoms with Gasteiger partial charge in [-0.15, -0.1) is 11.3 Å². The normalized spacial score (nSPS) is 17.6. The highest BCUT2D eigenvalue weighted by atomic mass is 32.1. The Morgan fingerprint density at radius 2 is 2.23 bits per heavy atom. The monoisotopic (exact) mass is 376 g/mol. The molecule has 1 fully saturated rings. The third-order valence-corrected chi connectivity index (χ3v) is 5.96. The summed E-state index contributed by atoms with van der Waals surface area (Å²) in [6.45, 7) is 2.84. The lowest BCUT2D eigenvalue weighted by atomic mass is 10.1. The third kappa shape index (κ3) is 4.50. The van der Waals surface area contributed by atoms with Crippen LogP contribution in [0.15, 0.2) is 36.4 Å². The van der Waals surface area contributed by atoms with Crippen molar-refractivity contribution in [2.24, 2.45) is 0 Å². The van der Waals surface area contributed by atoms with E-state index < -0.39 is 0 Å². The molecular formula is C20H25FN2O2S. The standard InChI is InChI=1S/C20H25FN2O2S/c1-22(11-12-25-2)20(24)19-9-8-18(26-19)17-7-4-10-23(17)14-15-5-3-6-16(21)13-15/h3,5-6,8-9,13,17H,4,7,10-12,14H2,1-2H3/t17-/m0/s1. The van der Waals surface area contributed by atoms with Gasteiger partial charge >= 0.3 is 0 Å². The second-order valence-corrected chi connectivity index (χ2v) is 7.80. The first-order chi connectivity index (χ1) is 12.6. The van der Waals surface area contributed by atoms with E-state index in [-0.39, 0.29) is 11.7 Å². The number of rotatable bonds is 7. The van der Waals surface area contributed by atoms with E-state index in [0.29, 0.717) is 19.2 Å². The number of ether oxygens (including phenoxy) is 1. The molecule has 1 atom stereocenters. The highest BCUT2D eigenvalue weighted by molar-refractivity contribution is 7.14. The molecule has 1 aromatic carbocycles. The minimum atomic E-state index is -0.193. The highest BCUT2D eigenvalue weighted by Gasteiger charge is 2.28. The van der Waals surface area contributed by atoms with Crippen LogP contribution in [0.5, 0.6) is 0 Å². The predicted molar refractivity (Wildman–Crippen MR) is 102 cm³/mol. The minimum absolute atomic E-state index is 0.0352. The first kappa shape index (κ1) is 19.0. The number of likely N-dealkylation sites (tertiary alicyclic amines) is 1. The van der Waals surface area contributed by atoms with Crippen molar-refractivity contribution in [3.8, 4) is 0 Å². The lowest BCUT2D eigenvalue weighted by Crippen LogP contribution is -2.29. The third-order valence-electron chi connectivity index (χ3n) is 4.78. The summed E-state index contributed by atoms with van der Waals surface area (Å²) in [5, 5.41) is 0.